The molecule has 194 valence electrons. The molecule has 0 spiro atoms. The fourth-order valence-electron chi connectivity index (χ4n) is 3.49. The summed E-state index contributed by atoms with van der Waals surface area (Å²) in [6.45, 7) is 2.07. The van der Waals surface area contributed by atoms with Gasteiger partial charge >= 0.3 is 5.97 Å². The molecule has 2 aromatic carbocycles. The van der Waals surface area contributed by atoms with Crippen molar-refractivity contribution < 1.29 is 23.5 Å². The van der Waals surface area contributed by atoms with Gasteiger partial charge in [-0.15, -0.1) is 0 Å². The first-order chi connectivity index (χ1) is 17.5. The number of benzene rings is 2. The van der Waals surface area contributed by atoms with Gasteiger partial charge in [0.05, 0.1) is 18.3 Å². The summed E-state index contributed by atoms with van der Waals surface area (Å²) in [6, 6.07) is 11.9. The summed E-state index contributed by atoms with van der Waals surface area (Å²) < 4.78 is 18.8. The predicted octanol–water partition coefficient (Wildman–Crippen LogP) is 5.53. The monoisotopic (exact) mass is 497 g/mol. The van der Waals surface area contributed by atoms with E-state index >= 15 is 0 Å². The van der Waals surface area contributed by atoms with E-state index in [1.165, 1.54) is 75.1 Å². The van der Waals surface area contributed by atoms with E-state index in [2.05, 4.69) is 22.8 Å². The number of unbranched alkanes of at least 4 members (excludes halogenated alkanes) is 8. The van der Waals surface area contributed by atoms with Crippen LogP contribution in [0.3, 0.4) is 0 Å². The highest BCUT2D eigenvalue weighted by Gasteiger charge is 2.13. The third kappa shape index (κ3) is 11.7. The van der Waals surface area contributed by atoms with Crippen molar-refractivity contribution in [2.24, 2.45) is 5.10 Å². The van der Waals surface area contributed by atoms with E-state index < -0.39 is 17.7 Å². The number of esters is 1. The van der Waals surface area contributed by atoms with E-state index in [0.717, 1.165) is 19.3 Å². The minimum absolute atomic E-state index is 0.140. The average molecular weight is 498 g/mol. The number of hydrogen-bond donors (Lipinski definition) is 2. The van der Waals surface area contributed by atoms with Crippen LogP contribution >= 0.6 is 0 Å². The number of nitrogens with one attached hydrogen (secondary N) is 2. The molecule has 0 aliphatic carbocycles. The van der Waals surface area contributed by atoms with Crippen molar-refractivity contribution >= 4 is 24.0 Å². The van der Waals surface area contributed by atoms with Gasteiger partial charge in [-0.3, -0.25) is 9.59 Å². The van der Waals surface area contributed by atoms with Crippen molar-refractivity contribution in [2.75, 3.05) is 6.54 Å². The van der Waals surface area contributed by atoms with E-state index in [9.17, 15) is 18.8 Å². The molecule has 2 N–H and O–H groups in total. The molecule has 0 fully saturated rings. The number of nitrogens with zero attached hydrogens (tertiary/aromatic N) is 1. The van der Waals surface area contributed by atoms with Crippen LogP contribution in [0.1, 0.15) is 87.1 Å². The molecule has 7 nitrogen and oxygen atoms in total. The lowest BCUT2D eigenvalue weighted by Gasteiger charge is -2.05. The molecule has 2 amide bonds. The van der Waals surface area contributed by atoms with Gasteiger partial charge < -0.3 is 10.1 Å². The lowest BCUT2D eigenvalue weighted by molar-refractivity contribution is -0.126. The SMILES string of the molecule is CCCCCCCCCCCC(=O)NCC(=O)N/N=C\c1ccc(OC(=O)c2ccccc2F)cc1. The summed E-state index contributed by atoms with van der Waals surface area (Å²) in [5, 5.41) is 6.46. The Kier molecular flexibility index (Phi) is 13.5. The Bertz CT molecular complexity index is 993. The standard InChI is InChI=1S/C28H36FN3O4/c1-2-3-4-5-6-7-8-9-10-15-26(33)30-21-27(34)32-31-20-22-16-18-23(19-17-22)36-28(35)24-13-11-12-14-25(24)29/h11-14,16-20H,2-10,15,21H2,1H3,(H,30,33)(H,32,34)/b31-20-. The lowest BCUT2D eigenvalue weighted by Crippen LogP contribution is -2.34. The highest BCUT2D eigenvalue weighted by atomic mass is 19.1. The molecule has 0 aliphatic heterocycles. The van der Waals surface area contributed by atoms with Crippen LogP contribution in [-0.2, 0) is 9.59 Å². The van der Waals surface area contributed by atoms with Crippen LogP contribution < -0.4 is 15.5 Å². The van der Waals surface area contributed by atoms with Crippen molar-refractivity contribution in [3.8, 4) is 5.75 Å². The number of carbonyl (C=O) groups is 3. The second kappa shape index (κ2) is 17.0. The summed E-state index contributed by atoms with van der Waals surface area (Å²) in [5.41, 5.74) is 2.86. The number of hydrazone groups is 1. The molecule has 36 heavy (non-hydrogen) atoms. The molecule has 2 aromatic rings. The van der Waals surface area contributed by atoms with Crippen LogP contribution in [0.4, 0.5) is 4.39 Å². The third-order valence-corrected chi connectivity index (χ3v) is 5.54. The van der Waals surface area contributed by atoms with Crippen LogP contribution in [0, 0.1) is 5.82 Å². The van der Waals surface area contributed by atoms with Crippen molar-refractivity contribution in [3.05, 3.63) is 65.5 Å². The zero-order valence-electron chi connectivity index (χ0n) is 20.9. The summed E-state index contributed by atoms with van der Waals surface area (Å²) in [4.78, 5) is 35.8. The Morgan fingerprint density at radius 2 is 1.50 bits per heavy atom. The Hall–Kier alpha value is -3.55. The zero-order chi connectivity index (χ0) is 26.0. The molecule has 0 aliphatic rings. The molecule has 0 saturated heterocycles. The minimum atomic E-state index is -0.790. The fraction of sp³-hybridized carbons (Fsp3) is 0.429. The van der Waals surface area contributed by atoms with Gasteiger partial charge in [-0.2, -0.15) is 5.10 Å². The number of halogens is 1. The summed E-state index contributed by atoms with van der Waals surface area (Å²) in [7, 11) is 0. The van der Waals surface area contributed by atoms with Gasteiger partial charge in [-0.1, -0.05) is 70.4 Å². The highest BCUT2D eigenvalue weighted by molar-refractivity contribution is 5.91. The van der Waals surface area contributed by atoms with Crippen molar-refractivity contribution in [1.82, 2.24) is 10.7 Å². The zero-order valence-corrected chi connectivity index (χ0v) is 20.9. The van der Waals surface area contributed by atoms with E-state index in [4.69, 9.17) is 4.74 Å². The fourth-order valence-corrected chi connectivity index (χ4v) is 3.49. The Morgan fingerprint density at radius 3 is 2.17 bits per heavy atom. The molecule has 8 heteroatoms. The molecule has 0 heterocycles. The van der Waals surface area contributed by atoms with Crippen LogP contribution in [0.25, 0.3) is 0 Å². The van der Waals surface area contributed by atoms with E-state index in [1.54, 1.807) is 18.2 Å². The van der Waals surface area contributed by atoms with Crippen molar-refractivity contribution in [1.29, 1.82) is 0 Å². The maximum absolute atomic E-state index is 13.7. The highest BCUT2D eigenvalue weighted by Crippen LogP contribution is 2.15. The molecule has 0 unspecified atom stereocenters. The Labute approximate surface area is 212 Å². The molecule has 0 aromatic heterocycles. The van der Waals surface area contributed by atoms with Crippen LogP contribution in [0.5, 0.6) is 5.75 Å². The van der Waals surface area contributed by atoms with Gasteiger partial charge in [0.1, 0.15) is 11.6 Å². The van der Waals surface area contributed by atoms with Crippen molar-refractivity contribution in [3.63, 3.8) is 0 Å². The van der Waals surface area contributed by atoms with Crippen molar-refractivity contribution in [2.45, 2.75) is 71.1 Å². The molecule has 2 rings (SSSR count). The molecule has 0 bridgehead atoms. The van der Waals surface area contributed by atoms with E-state index in [1.807, 2.05) is 0 Å². The largest absolute Gasteiger partial charge is 0.423 e. The van der Waals surface area contributed by atoms with Crippen LogP contribution in [-0.4, -0.2) is 30.5 Å². The molecular formula is C28H36FN3O4. The van der Waals surface area contributed by atoms with Gasteiger partial charge in [0.15, 0.2) is 0 Å². The van der Waals surface area contributed by atoms with Crippen LogP contribution in [0.2, 0.25) is 0 Å². The van der Waals surface area contributed by atoms with Gasteiger partial charge in [0.2, 0.25) is 5.91 Å². The van der Waals surface area contributed by atoms with Gasteiger partial charge in [0.25, 0.3) is 5.91 Å². The first-order valence-electron chi connectivity index (χ1n) is 12.6. The normalized spacial score (nSPS) is 10.8. The molecular weight excluding hydrogens is 461 g/mol. The summed E-state index contributed by atoms with van der Waals surface area (Å²) in [5.74, 6) is -1.76. The van der Waals surface area contributed by atoms with Crippen LogP contribution in [0.15, 0.2) is 53.6 Å². The van der Waals surface area contributed by atoms with Gasteiger partial charge in [-0.05, 0) is 48.4 Å². The Morgan fingerprint density at radius 1 is 0.861 bits per heavy atom. The summed E-state index contributed by atoms with van der Waals surface area (Å²) >= 11 is 0. The number of carbonyl (C=O) groups excluding carboxylic acids is 3. The first kappa shape index (κ1) is 28.7. The van der Waals surface area contributed by atoms with Gasteiger partial charge in [0, 0.05) is 6.42 Å². The number of ether oxygens (including phenoxy) is 1. The maximum atomic E-state index is 13.7. The second-order valence-electron chi connectivity index (χ2n) is 8.59. The molecule has 0 atom stereocenters. The first-order valence-corrected chi connectivity index (χ1v) is 12.6. The molecule has 0 saturated carbocycles. The number of hydrogen-bond acceptors (Lipinski definition) is 5. The Balaban J connectivity index is 1.59. The van der Waals surface area contributed by atoms with E-state index in [0.29, 0.717) is 12.0 Å². The van der Waals surface area contributed by atoms with Gasteiger partial charge in [-0.25, -0.2) is 14.6 Å². The smallest absolute Gasteiger partial charge is 0.346 e. The predicted molar refractivity (Wildman–Crippen MR) is 138 cm³/mol. The summed E-state index contributed by atoms with van der Waals surface area (Å²) in [6.07, 6.45) is 12.5. The maximum Gasteiger partial charge on any atom is 0.346 e. The third-order valence-electron chi connectivity index (χ3n) is 5.54. The quantitative estimate of drug-likeness (QED) is 0.105. The topological polar surface area (TPSA) is 96.9 Å². The number of rotatable bonds is 16. The minimum Gasteiger partial charge on any atom is -0.423 e. The molecule has 0 radical (unpaired) electrons. The average Bonchev–Trinajstić information content (AvgIpc) is 2.87. The van der Waals surface area contributed by atoms with E-state index in [-0.39, 0.29) is 23.8 Å². The second-order valence-corrected chi connectivity index (χ2v) is 8.59. The number of amides is 2. The lowest BCUT2D eigenvalue weighted by atomic mass is 10.1.